The SMILES string of the molecule is CC(C)(N)CNC(=O)c1ccccc1OCC(=O)Nc1ccccc1F.Cl. The standard InChI is InChI=1S/C19H22FN3O3.ClH/c1-19(2,21)12-22-18(25)13-7-3-6-10-16(13)26-11-17(24)23-15-9-5-4-8-14(15)20;/h3-10H,11-12,21H2,1-2H3,(H,22,25)(H,23,24);1H. The van der Waals surface area contributed by atoms with Crippen molar-refractivity contribution in [3.8, 4) is 5.75 Å². The Hall–Kier alpha value is -2.64. The average molecular weight is 396 g/mol. The molecule has 2 rings (SSSR count). The van der Waals surface area contributed by atoms with Crippen LogP contribution in [0.5, 0.6) is 5.75 Å². The molecule has 0 atom stereocenters. The first-order valence-corrected chi connectivity index (χ1v) is 8.09. The fraction of sp³-hybridized carbons (Fsp3) is 0.263. The normalized spacial score (nSPS) is 10.5. The van der Waals surface area contributed by atoms with E-state index in [0.717, 1.165) is 0 Å². The minimum Gasteiger partial charge on any atom is -0.483 e. The molecular weight excluding hydrogens is 373 g/mol. The molecule has 2 aromatic rings. The quantitative estimate of drug-likeness (QED) is 0.672. The number of ether oxygens (including phenoxy) is 1. The summed E-state index contributed by atoms with van der Waals surface area (Å²) in [6.07, 6.45) is 0. The summed E-state index contributed by atoms with van der Waals surface area (Å²) in [5.41, 5.74) is 5.66. The summed E-state index contributed by atoms with van der Waals surface area (Å²) < 4.78 is 19.0. The number of hydrogen-bond donors (Lipinski definition) is 3. The van der Waals surface area contributed by atoms with E-state index in [4.69, 9.17) is 10.5 Å². The van der Waals surface area contributed by atoms with Gasteiger partial charge in [-0.3, -0.25) is 9.59 Å². The van der Waals surface area contributed by atoms with Crippen LogP contribution in [-0.4, -0.2) is 30.5 Å². The van der Waals surface area contributed by atoms with E-state index < -0.39 is 17.3 Å². The summed E-state index contributed by atoms with van der Waals surface area (Å²) in [5, 5.41) is 5.14. The second-order valence-corrected chi connectivity index (χ2v) is 6.48. The first kappa shape index (κ1) is 22.4. The molecule has 2 amide bonds. The summed E-state index contributed by atoms with van der Waals surface area (Å²) in [6, 6.07) is 12.4. The highest BCUT2D eigenvalue weighted by Gasteiger charge is 2.17. The summed E-state index contributed by atoms with van der Waals surface area (Å²) >= 11 is 0. The second kappa shape index (κ2) is 9.89. The molecule has 0 aliphatic carbocycles. The molecular formula is C19H23ClFN3O3. The molecule has 6 nitrogen and oxygen atoms in total. The monoisotopic (exact) mass is 395 g/mol. The lowest BCUT2D eigenvalue weighted by atomic mass is 10.1. The summed E-state index contributed by atoms with van der Waals surface area (Å²) in [5.74, 6) is -1.17. The maximum atomic E-state index is 13.5. The van der Waals surface area contributed by atoms with Crippen LogP contribution in [0.2, 0.25) is 0 Å². The van der Waals surface area contributed by atoms with Gasteiger partial charge in [0.1, 0.15) is 11.6 Å². The topological polar surface area (TPSA) is 93.4 Å². The number of nitrogens with one attached hydrogen (secondary N) is 2. The molecule has 0 unspecified atom stereocenters. The van der Waals surface area contributed by atoms with Crippen LogP contribution in [0.3, 0.4) is 0 Å². The zero-order valence-corrected chi connectivity index (χ0v) is 15.9. The van der Waals surface area contributed by atoms with Gasteiger partial charge in [-0.2, -0.15) is 0 Å². The zero-order chi connectivity index (χ0) is 19.2. The number of halogens is 2. The number of nitrogens with two attached hydrogens (primary N) is 1. The van der Waals surface area contributed by atoms with Gasteiger partial charge in [-0.15, -0.1) is 12.4 Å². The zero-order valence-electron chi connectivity index (χ0n) is 15.1. The molecule has 0 radical (unpaired) electrons. The molecule has 2 aromatic carbocycles. The Labute approximate surface area is 163 Å². The third-order valence-corrected chi connectivity index (χ3v) is 3.34. The van der Waals surface area contributed by atoms with Crippen molar-refractivity contribution in [3.63, 3.8) is 0 Å². The van der Waals surface area contributed by atoms with Gasteiger partial charge in [0, 0.05) is 12.1 Å². The number of carbonyl (C=O) groups is 2. The van der Waals surface area contributed by atoms with Crippen LogP contribution in [0.25, 0.3) is 0 Å². The van der Waals surface area contributed by atoms with Crippen LogP contribution in [0, 0.1) is 5.82 Å². The van der Waals surface area contributed by atoms with Gasteiger partial charge in [0.15, 0.2) is 6.61 Å². The summed E-state index contributed by atoms with van der Waals surface area (Å²) in [7, 11) is 0. The van der Waals surface area contributed by atoms with Gasteiger partial charge in [0.2, 0.25) is 0 Å². The van der Waals surface area contributed by atoms with E-state index >= 15 is 0 Å². The van der Waals surface area contributed by atoms with Crippen LogP contribution < -0.4 is 21.1 Å². The first-order valence-electron chi connectivity index (χ1n) is 8.09. The van der Waals surface area contributed by atoms with E-state index in [1.807, 2.05) is 0 Å². The van der Waals surface area contributed by atoms with Crippen molar-refractivity contribution in [2.45, 2.75) is 19.4 Å². The number of hydrogen-bond acceptors (Lipinski definition) is 4. The number of carbonyl (C=O) groups excluding carboxylic acids is 2. The third kappa shape index (κ3) is 7.24. The van der Waals surface area contributed by atoms with Crippen molar-refractivity contribution in [1.82, 2.24) is 5.32 Å². The Morgan fingerprint density at radius 2 is 1.74 bits per heavy atom. The summed E-state index contributed by atoms with van der Waals surface area (Å²) in [4.78, 5) is 24.3. The van der Waals surface area contributed by atoms with E-state index in [1.165, 1.54) is 18.2 Å². The van der Waals surface area contributed by atoms with Crippen LogP contribution in [0.15, 0.2) is 48.5 Å². The molecule has 8 heteroatoms. The lowest BCUT2D eigenvalue weighted by Crippen LogP contribution is -2.45. The van der Waals surface area contributed by atoms with Gasteiger partial charge in [0.25, 0.3) is 11.8 Å². The Morgan fingerprint density at radius 1 is 1.11 bits per heavy atom. The number of amides is 2. The first-order chi connectivity index (χ1) is 12.3. The van der Waals surface area contributed by atoms with E-state index in [1.54, 1.807) is 44.2 Å². The Morgan fingerprint density at radius 3 is 2.41 bits per heavy atom. The molecule has 0 aromatic heterocycles. The Balaban J connectivity index is 0.00000364. The smallest absolute Gasteiger partial charge is 0.262 e. The van der Waals surface area contributed by atoms with Crippen LogP contribution in [0.1, 0.15) is 24.2 Å². The van der Waals surface area contributed by atoms with E-state index in [2.05, 4.69) is 10.6 Å². The van der Waals surface area contributed by atoms with Crippen molar-refractivity contribution in [2.24, 2.45) is 5.73 Å². The van der Waals surface area contributed by atoms with Crippen LogP contribution in [0.4, 0.5) is 10.1 Å². The van der Waals surface area contributed by atoms with Gasteiger partial charge in [-0.05, 0) is 38.1 Å². The van der Waals surface area contributed by atoms with Crippen molar-refractivity contribution >= 4 is 29.9 Å². The van der Waals surface area contributed by atoms with Crippen molar-refractivity contribution < 1.29 is 18.7 Å². The van der Waals surface area contributed by atoms with Gasteiger partial charge < -0.3 is 21.1 Å². The van der Waals surface area contributed by atoms with Crippen molar-refractivity contribution in [2.75, 3.05) is 18.5 Å². The predicted octanol–water partition coefficient (Wildman–Crippen LogP) is 2.73. The number of benzene rings is 2. The van der Waals surface area contributed by atoms with Gasteiger partial charge in [-0.1, -0.05) is 24.3 Å². The van der Waals surface area contributed by atoms with E-state index in [-0.39, 0.29) is 48.5 Å². The third-order valence-electron chi connectivity index (χ3n) is 3.34. The molecule has 4 N–H and O–H groups in total. The molecule has 0 aliphatic heterocycles. The minimum absolute atomic E-state index is 0. The van der Waals surface area contributed by atoms with Crippen LogP contribution >= 0.6 is 12.4 Å². The molecule has 0 bridgehead atoms. The maximum absolute atomic E-state index is 13.5. The van der Waals surface area contributed by atoms with E-state index in [0.29, 0.717) is 0 Å². The molecule has 0 spiro atoms. The largest absolute Gasteiger partial charge is 0.483 e. The molecule has 0 saturated carbocycles. The highest BCUT2D eigenvalue weighted by atomic mass is 35.5. The Bertz CT molecular complexity index is 794. The van der Waals surface area contributed by atoms with Gasteiger partial charge in [-0.25, -0.2) is 4.39 Å². The molecule has 0 aliphatic rings. The van der Waals surface area contributed by atoms with Crippen molar-refractivity contribution in [3.05, 3.63) is 59.9 Å². The molecule has 146 valence electrons. The highest BCUT2D eigenvalue weighted by molar-refractivity contribution is 5.97. The number of rotatable bonds is 7. The Kier molecular flexibility index (Phi) is 8.21. The number of para-hydroxylation sites is 2. The fourth-order valence-electron chi connectivity index (χ4n) is 2.08. The minimum atomic E-state index is -0.550. The maximum Gasteiger partial charge on any atom is 0.262 e. The molecule has 0 heterocycles. The fourth-order valence-corrected chi connectivity index (χ4v) is 2.08. The molecule has 0 fully saturated rings. The highest BCUT2D eigenvalue weighted by Crippen LogP contribution is 2.18. The predicted molar refractivity (Wildman–Crippen MR) is 105 cm³/mol. The van der Waals surface area contributed by atoms with E-state index in [9.17, 15) is 14.0 Å². The van der Waals surface area contributed by atoms with Crippen LogP contribution in [-0.2, 0) is 4.79 Å². The summed E-state index contributed by atoms with van der Waals surface area (Å²) in [6.45, 7) is 3.51. The molecule has 0 saturated heterocycles. The second-order valence-electron chi connectivity index (χ2n) is 6.48. The lowest BCUT2D eigenvalue weighted by molar-refractivity contribution is -0.118. The van der Waals surface area contributed by atoms with Gasteiger partial charge in [0.05, 0.1) is 11.3 Å². The van der Waals surface area contributed by atoms with Crippen molar-refractivity contribution in [1.29, 1.82) is 0 Å². The average Bonchev–Trinajstić information content (AvgIpc) is 2.59. The molecule has 27 heavy (non-hydrogen) atoms. The van der Waals surface area contributed by atoms with Gasteiger partial charge >= 0.3 is 0 Å². The number of anilines is 1. The lowest BCUT2D eigenvalue weighted by Gasteiger charge is -2.19.